The number of carbonyl (C=O) groups is 1. The summed E-state index contributed by atoms with van der Waals surface area (Å²) in [6.07, 6.45) is 0. The Balaban J connectivity index is 0.00000161. The summed E-state index contributed by atoms with van der Waals surface area (Å²) in [5.74, 6) is -0.749. The first-order chi connectivity index (χ1) is 9.65. The van der Waals surface area contributed by atoms with Crippen molar-refractivity contribution in [2.75, 3.05) is 33.2 Å². The first kappa shape index (κ1) is 16.2. The Morgan fingerprint density at radius 1 is 1.24 bits per heavy atom. The average molecular weight is 327 g/mol. The molecule has 2 aromatic rings. The highest BCUT2D eigenvalue weighted by molar-refractivity contribution is 7.19. The molecule has 0 radical (unpaired) electrons. The van der Waals surface area contributed by atoms with E-state index < -0.39 is 12.0 Å². The highest BCUT2D eigenvalue weighted by Crippen LogP contribution is 2.33. The van der Waals surface area contributed by atoms with E-state index in [1.165, 1.54) is 0 Å². The summed E-state index contributed by atoms with van der Waals surface area (Å²) in [5, 5.41) is 10.8. The Morgan fingerprint density at radius 3 is 2.52 bits per heavy atom. The van der Waals surface area contributed by atoms with Gasteiger partial charge in [-0.1, -0.05) is 18.2 Å². The van der Waals surface area contributed by atoms with Crippen molar-refractivity contribution in [2.24, 2.45) is 0 Å². The van der Waals surface area contributed by atoms with Gasteiger partial charge >= 0.3 is 5.97 Å². The van der Waals surface area contributed by atoms with E-state index in [0.717, 1.165) is 41.1 Å². The quantitative estimate of drug-likeness (QED) is 0.942. The number of halogens is 1. The number of carboxylic acids is 1. The van der Waals surface area contributed by atoms with Crippen LogP contribution in [0.3, 0.4) is 0 Å². The zero-order valence-corrected chi connectivity index (χ0v) is 13.5. The minimum absolute atomic E-state index is 0. The van der Waals surface area contributed by atoms with Crippen molar-refractivity contribution in [2.45, 2.75) is 6.04 Å². The number of hydrogen-bond donors (Lipinski definition) is 1. The second kappa shape index (κ2) is 6.75. The fraction of sp³-hybridized carbons (Fsp3) is 0.400. The van der Waals surface area contributed by atoms with Crippen LogP contribution in [0.5, 0.6) is 0 Å². The second-order valence-electron chi connectivity index (χ2n) is 5.27. The largest absolute Gasteiger partial charge is 0.480 e. The summed E-state index contributed by atoms with van der Waals surface area (Å²) in [5.41, 5.74) is 0. The van der Waals surface area contributed by atoms with Gasteiger partial charge in [-0.2, -0.15) is 0 Å². The molecule has 1 aliphatic heterocycles. The molecule has 0 bridgehead atoms. The van der Waals surface area contributed by atoms with E-state index in [0.29, 0.717) is 0 Å². The van der Waals surface area contributed by atoms with Crippen molar-refractivity contribution in [3.8, 4) is 0 Å². The topological polar surface area (TPSA) is 43.8 Å². The monoisotopic (exact) mass is 326 g/mol. The third-order valence-electron chi connectivity index (χ3n) is 3.85. The number of nitrogens with zero attached hydrogens (tertiary/aromatic N) is 2. The van der Waals surface area contributed by atoms with Crippen LogP contribution >= 0.6 is 23.7 Å². The molecule has 21 heavy (non-hydrogen) atoms. The van der Waals surface area contributed by atoms with Crippen LogP contribution in [0.15, 0.2) is 30.3 Å². The molecule has 0 saturated carbocycles. The number of carboxylic acid groups (broad SMARTS) is 1. The number of benzene rings is 1. The molecular formula is C15H19ClN2O2S. The molecule has 114 valence electrons. The number of piperazine rings is 1. The van der Waals surface area contributed by atoms with Crippen molar-refractivity contribution in [3.63, 3.8) is 0 Å². The molecule has 1 atom stereocenters. The average Bonchev–Trinajstić information content (AvgIpc) is 2.84. The molecular weight excluding hydrogens is 308 g/mol. The van der Waals surface area contributed by atoms with E-state index in [1.54, 1.807) is 11.3 Å². The van der Waals surface area contributed by atoms with Crippen LogP contribution in [-0.2, 0) is 4.79 Å². The molecule has 1 saturated heterocycles. The molecule has 1 aromatic heterocycles. The lowest BCUT2D eigenvalue weighted by Crippen LogP contribution is -2.47. The summed E-state index contributed by atoms with van der Waals surface area (Å²) in [6.45, 7) is 3.47. The number of hydrogen-bond acceptors (Lipinski definition) is 4. The number of likely N-dealkylation sites (N-methyl/N-ethyl adjacent to an activating group) is 1. The van der Waals surface area contributed by atoms with Gasteiger partial charge in [0, 0.05) is 35.8 Å². The van der Waals surface area contributed by atoms with Gasteiger partial charge in [0.25, 0.3) is 0 Å². The van der Waals surface area contributed by atoms with Crippen LogP contribution in [0.4, 0.5) is 0 Å². The SMILES string of the molecule is CN1CCN(C(C(=O)O)c2cc3ccccc3s2)CC1.Cl. The van der Waals surface area contributed by atoms with Crippen LogP contribution in [0, 0.1) is 0 Å². The van der Waals surface area contributed by atoms with Gasteiger partial charge in [-0.15, -0.1) is 23.7 Å². The predicted molar refractivity (Wildman–Crippen MR) is 88.5 cm³/mol. The summed E-state index contributed by atoms with van der Waals surface area (Å²) in [4.78, 5) is 17.0. The van der Waals surface area contributed by atoms with E-state index >= 15 is 0 Å². The van der Waals surface area contributed by atoms with Gasteiger partial charge in [0.2, 0.25) is 0 Å². The fourth-order valence-corrected chi connectivity index (χ4v) is 3.87. The Kier molecular flexibility index (Phi) is 5.22. The Labute approximate surface area is 134 Å². The highest BCUT2D eigenvalue weighted by atomic mass is 35.5. The third kappa shape index (κ3) is 3.37. The number of thiophene rings is 1. The molecule has 4 nitrogen and oxygen atoms in total. The first-order valence-corrected chi connectivity index (χ1v) is 7.60. The number of fused-ring (bicyclic) bond motifs is 1. The smallest absolute Gasteiger partial charge is 0.326 e. The minimum atomic E-state index is -0.749. The van der Waals surface area contributed by atoms with Crippen LogP contribution in [0.25, 0.3) is 10.1 Å². The van der Waals surface area contributed by atoms with Gasteiger partial charge in [-0.25, -0.2) is 0 Å². The standard InChI is InChI=1S/C15H18N2O2S.ClH/c1-16-6-8-17(9-7-16)14(15(18)19)13-10-11-4-2-3-5-12(11)20-13;/h2-5,10,14H,6-9H2,1H3,(H,18,19);1H. The van der Waals surface area contributed by atoms with Crippen molar-refractivity contribution >= 4 is 39.8 Å². The van der Waals surface area contributed by atoms with Crippen molar-refractivity contribution in [3.05, 3.63) is 35.2 Å². The van der Waals surface area contributed by atoms with Gasteiger partial charge in [-0.05, 0) is 24.6 Å². The Bertz CT molecular complexity index is 590. The molecule has 1 aliphatic rings. The first-order valence-electron chi connectivity index (χ1n) is 6.79. The van der Waals surface area contributed by atoms with Crippen molar-refractivity contribution in [1.29, 1.82) is 0 Å². The van der Waals surface area contributed by atoms with Crippen LogP contribution in [0.1, 0.15) is 10.9 Å². The van der Waals surface area contributed by atoms with E-state index in [4.69, 9.17) is 0 Å². The summed E-state index contributed by atoms with van der Waals surface area (Å²) >= 11 is 1.59. The lowest BCUT2D eigenvalue weighted by molar-refractivity contribution is -0.144. The molecule has 1 aromatic carbocycles. The maximum atomic E-state index is 11.7. The Morgan fingerprint density at radius 2 is 1.90 bits per heavy atom. The molecule has 0 spiro atoms. The summed E-state index contributed by atoms with van der Waals surface area (Å²) in [6, 6.07) is 9.58. The lowest BCUT2D eigenvalue weighted by Gasteiger charge is -2.35. The molecule has 1 N–H and O–H groups in total. The second-order valence-corrected chi connectivity index (χ2v) is 6.38. The van der Waals surface area contributed by atoms with Gasteiger partial charge in [0.05, 0.1) is 0 Å². The molecule has 1 fully saturated rings. The van der Waals surface area contributed by atoms with Gasteiger partial charge in [0.1, 0.15) is 6.04 Å². The summed E-state index contributed by atoms with van der Waals surface area (Å²) < 4.78 is 1.16. The molecule has 0 amide bonds. The van der Waals surface area contributed by atoms with E-state index in [1.807, 2.05) is 30.3 Å². The molecule has 3 rings (SSSR count). The maximum Gasteiger partial charge on any atom is 0.326 e. The van der Waals surface area contributed by atoms with Crippen LogP contribution in [-0.4, -0.2) is 54.1 Å². The van der Waals surface area contributed by atoms with Crippen molar-refractivity contribution in [1.82, 2.24) is 9.80 Å². The molecule has 2 heterocycles. The summed E-state index contributed by atoms with van der Waals surface area (Å²) in [7, 11) is 2.08. The highest BCUT2D eigenvalue weighted by Gasteiger charge is 2.30. The zero-order valence-electron chi connectivity index (χ0n) is 11.9. The van der Waals surface area contributed by atoms with Gasteiger partial charge in [0.15, 0.2) is 0 Å². The van der Waals surface area contributed by atoms with E-state index in [9.17, 15) is 9.90 Å². The zero-order chi connectivity index (χ0) is 14.1. The van der Waals surface area contributed by atoms with Gasteiger partial charge in [-0.3, -0.25) is 9.69 Å². The van der Waals surface area contributed by atoms with Gasteiger partial charge < -0.3 is 10.0 Å². The number of aliphatic carboxylic acids is 1. The van der Waals surface area contributed by atoms with Crippen LogP contribution < -0.4 is 0 Å². The minimum Gasteiger partial charge on any atom is -0.480 e. The van der Waals surface area contributed by atoms with E-state index in [2.05, 4.69) is 16.8 Å². The number of rotatable bonds is 3. The fourth-order valence-electron chi connectivity index (χ4n) is 2.68. The molecule has 0 aliphatic carbocycles. The van der Waals surface area contributed by atoms with E-state index in [-0.39, 0.29) is 12.4 Å². The predicted octanol–water partition coefficient (Wildman–Crippen LogP) is 2.70. The Hall–Kier alpha value is -1.14. The lowest BCUT2D eigenvalue weighted by atomic mass is 10.1. The molecule has 6 heteroatoms. The molecule has 1 unspecified atom stereocenters. The third-order valence-corrected chi connectivity index (χ3v) is 5.02. The van der Waals surface area contributed by atoms with Crippen LogP contribution in [0.2, 0.25) is 0 Å². The van der Waals surface area contributed by atoms with Crippen molar-refractivity contribution < 1.29 is 9.90 Å². The maximum absolute atomic E-state index is 11.7. The normalized spacial score (nSPS) is 18.3.